The van der Waals surface area contributed by atoms with Crippen molar-refractivity contribution < 1.29 is 4.79 Å². The zero-order valence-corrected chi connectivity index (χ0v) is 10.0. The Morgan fingerprint density at radius 3 is 2.44 bits per heavy atom. The number of carbonyl (C=O) groups excluding carboxylic acids is 1. The summed E-state index contributed by atoms with van der Waals surface area (Å²) in [5, 5.41) is 0. The third-order valence-electron chi connectivity index (χ3n) is 2.51. The van der Waals surface area contributed by atoms with E-state index >= 15 is 0 Å². The molecule has 0 atom stereocenters. The molecule has 3 nitrogen and oxygen atoms in total. The zero-order valence-electron chi connectivity index (χ0n) is 10.0. The molecule has 1 amide bonds. The first kappa shape index (κ1) is 12.7. The van der Waals surface area contributed by atoms with Gasteiger partial charge in [0.25, 0.3) is 5.91 Å². The standard InChI is InChI=1S/C13H20N2O/c1-11(2)15(10-6-9-14)13(16)12-7-4-3-5-8-12/h3-5,7-8,11H,6,9-10,14H2,1-2H3. The smallest absolute Gasteiger partial charge is 0.254 e. The molecule has 1 rings (SSSR count). The van der Waals surface area contributed by atoms with Crippen molar-refractivity contribution in [3.8, 4) is 0 Å². The van der Waals surface area contributed by atoms with Crippen LogP contribution in [0.2, 0.25) is 0 Å². The van der Waals surface area contributed by atoms with Gasteiger partial charge in [0, 0.05) is 18.2 Å². The number of rotatable bonds is 5. The third-order valence-corrected chi connectivity index (χ3v) is 2.51. The minimum absolute atomic E-state index is 0.0871. The molecule has 0 aromatic heterocycles. The van der Waals surface area contributed by atoms with Crippen molar-refractivity contribution in [1.29, 1.82) is 0 Å². The van der Waals surface area contributed by atoms with Crippen LogP contribution in [0.3, 0.4) is 0 Å². The van der Waals surface area contributed by atoms with Crippen LogP contribution in [-0.2, 0) is 0 Å². The van der Waals surface area contributed by atoms with Gasteiger partial charge < -0.3 is 10.6 Å². The molecule has 0 radical (unpaired) electrons. The minimum Gasteiger partial charge on any atom is -0.336 e. The van der Waals surface area contributed by atoms with E-state index in [1.54, 1.807) is 0 Å². The molecule has 1 aromatic carbocycles. The molecule has 0 bridgehead atoms. The average Bonchev–Trinajstić information content (AvgIpc) is 2.30. The first-order valence-electron chi connectivity index (χ1n) is 5.73. The summed E-state index contributed by atoms with van der Waals surface area (Å²) in [6.07, 6.45) is 0.844. The van der Waals surface area contributed by atoms with Gasteiger partial charge in [-0.1, -0.05) is 18.2 Å². The van der Waals surface area contributed by atoms with Gasteiger partial charge in [0.1, 0.15) is 0 Å². The second-order valence-electron chi connectivity index (χ2n) is 4.10. The van der Waals surface area contributed by atoms with Crippen molar-refractivity contribution in [2.24, 2.45) is 5.73 Å². The number of nitrogens with zero attached hydrogens (tertiary/aromatic N) is 1. The number of carbonyl (C=O) groups is 1. The lowest BCUT2D eigenvalue weighted by Crippen LogP contribution is -2.38. The average molecular weight is 220 g/mol. The first-order chi connectivity index (χ1) is 7.66. The molecule has 0 fully saturated rings. The highest BCUT2D eigenvalue weighted by molar-refractivity contribution is 5.94. The fourth-order valence-electron chi connectivity index (χ4n) is 1.60. The van der Waals surface area contributed by atoms with E-state index in [0.717, 1.165) is 18.5 Å². The second kappa shape index (κ2) is 6.28. The predicted molar refractivity (Wildman–Crippen MR) is 66.3 cm³/mol. The highest BCUT2D eigenvalue weighted by Crippen LogP contribution is 2.08. The lowest BCUT2D eigenvalue weighted by atomic mass is 10.1. The Bertz CT molecular complexity index is 322. The van der Waals surface area contributed by atoms with E-state index in [1.807, 2.05) is 49.1 Å². The number of benzene rings is 1. The summed E-state index contributed by atoms with van der Waals surface area (Å²) in [4.78, 5) is 14.0. The Morgan fingerprint density at radius 2 is 1.94 bits per heavy atom. The zero-order chi connectivity index (χ0) is 12.0. The van der Waals surface area contributed by atoms with Crippen LogP contribution in [0, 0.1) is 0 Å². The van der Waals surface area contributed by atoms with E-state index in [2.05, 4.69) is 0 Å². The Balaban J connectivity index is 2.75. The fraction of sp³-hybridized carbons (Fsp3) is 0.462. The summed E-state index contributed by atoms with van der Waals surface area (Å²) in [6.45, 7) is 5.39. The molecule has 16 heavy (non-hydrogen) atoms. The van der Waals surface area contributed by atoms with Crippen LogP contribution in [0.4, 0.5) is 0 Å². The largest absolute Gasteiger partial charge is 0.336 e. The topological polar surface area (TPSA) is 46.3 Å². The molecule has 0 spiro atoms. The fourth-order valence-corrected chi connectivity index (χ4v) is 1.60. The van der Waals surface area contributed by atoms with Crippen LogP contribution >= 0.6 is 0 Å². The quantitative estimate of drug-likeness (QED) is 0.823. The molecule has 0 aliphatic carbocycles. The third kappa shape index (κ3) is 3.35. The summed E-state index contributed by atoms with van der Waals surface area (Å²) >= 11 is 0. The molecule has 0 aliphatic rings. The van der Waals surface area contributed by atoms with Crippen LogP contribution in [0.1, 0.15) is 30.6 Å². The molecule has 3 heteroatoms. The molecule has 1 aromatic rings. The second-order valence-corrected chi connectivity index (χ2v) is 4.10. The van der Waals surface area contributed by atoms with Gasteiger partial charge in [-0.15, -0.1) is 0 Å². The van der Waals surface area contributed by atoms with Crippen LogP contribution in [0.15, 0.2) is 30.3 Å². The predicted octanol–water partition coefficient (Wildman–Crippen LogP) is 1.89. The molecule has 0 saturated carbocycles. The number of amides is 1. The summed E-state index contributed by atoms with van der Waals surface area (Å²) in [6, 6.07) is 9.58. The Hall–Kier alpha value is -1.35. The van der Waals surface area contributed by atoms with E-state index in [-0.39, 0.29) is 11.9 Å². The van der Waals surface area contributed by atoms with E-state index in [4.69, 9.17) is 5.73 Å². The van der Waals surface area contributed by atoms with Gasteiger partial charge in [-0.2, -0.15) is 0 Å². The van der Waals surface area contributed by atoms with E-state index in [1.165, 1.54) is 0 Å². The summed E-state index contributed by atoms with van der Waals surface area (Å²) in [5.74, 6) is 0.0871. The van der Waals surface area contributed by atoms with Gasteiger partial charge in [-0.3, -0.25) is 4.79 Å². The van der Waals surface area contributed by atoms with Gasteiger partial charge in [0.15, 0.2) is 0 Å². The molecule has 0 aliphatic heterocycles. The SMILES string of the molecule is CC(C)N(CCCN)C(=O)c1ccccc1. The van der Waals surface area contributed by atoms with Crippen molar-refractivity contribution in [2.45, 2.75) is 26.3 Å². The summed E-state index contributed by atoms with van der Waals surface area (Å²) in [5.41, 5.74) is 6.22. The Kier molecular flexibility index (Phi) is 4.99. The number of nitrogens with two attached hydrogens (primary N) is 1. The number of hydrogen-bond donors (Lipinski definition) is 1. The van der Waals surface area contributed by atoms with Crippen molar-refractivity contribution >= 4 is 5.91 Å². The molecule has 0 unspecified atom stereocenters. The lowest BCUT2D eigenvalue weighted by molar-refractivity contribution is 0.0705. The number of hydrogen-bond acceptors (Lipinski definition) is 2. The van der Waals surface area contributed by atoms with Gasteiger partial charge in [-0.25, -0.2) is 0 Å². The highest BCUT2D eigenvalue weighted by Gasteiger charge is 2.17. The normalized spacial score (nSPS) is 10.5. The maximum Gasteiger partial charge on any atom is 0.254 e. The van der Waals surface area contributed by atoms with E-state index in [0.29, 0.717) is 6.54 Å². The molecule has 0 saturated heterocycles. The maximum atomic E-state index is 12.2. The van der Waals surface area contributed by atoms with E-state index < -0.39 is 0 Å². The van der Waals surface area contributed by atoms with Crippen LogP contribution < -0.4 is 5.73 Å². The Labute approximate surface area is 97.2 Å². The molecule has 88 valence electrons. The van der Waals surface area contributed by atoms with Crippen molar-refractivity contribution in [3.63, 3.8) is 0 Å². The maximum absolute atomic E-state index is 12.2. The first-order valence-corrected chi connectivity index (χ1v) is 5.73. The monoisotopic (exact) mass is 220 g/mol. The lowest BCUT2D eigenvalue weighted by Gasteiger charge is -2.26. The van der Waals surface area contributed by atoms with E-state index in [9.17, 15) is 4.79 Å². The van der Waals surface area contributed by atoms with Crippen LogP contribution in [-0.4, -0.2) is 29.9 Å². The van der Waals surface area contributed by atoms with Crippen molar-refractivity contribution in [1.82, 2.24) is 4.90 Å². The van der Waals surface area contributed by atoms with Crippen LogP contribution in [0.25, 0.3) is 0 Å². The van der Waals surface area contributed by atoms with Crippen LogP contribution in [0.5, 0.6) is 0 Å². The molecule has 0 heterocycles. The minimum atomic E-state index is 0.0871. The molecular formula is C13H20N2O. The van der Waals surface area contributed by atoms with Gasteiger partial charge in [-0.05, 0) is 38.9 Å². The Morgan fingerprint density at radius 1 is 1.31 bits per heavy atom. The van der Waals surface area contributed by atoms with Gasteiger partial charge in [0.2, 0.25) is 0 Å². The van der Waals surface area contributed by atoms with Crippen molar-refractivity contribution in [3.05, 3.63) is 35.9 Å². The highest BCUT2D eigenvalue weighted by atomic mass is 16.2. The molecule has 2 N–H and O–H groups in total. The molecular weight excluding hydrogens is 200 g/mol. The summed E-state index contributed by atoms with van der Waals surface area (Å²) in [7, 11) is 0. The van der Waals surface area contributed by atoms with Gasteiger partial charge >= 0.3 is 0 Å². The summed E-state index contributed by atoms with van der Waals surface area (Å²) < 4.78 is 0. The van der Waals surface area contributed by atoms with Crippen molar-refractivity contribution in [2.75, 3.05) is 13.1 Å². The van der Waals surface area contributed by atoms with Gasteiger partial charge in [0.05, 0.1) is 0 Å².